The van der Waals surface area contributed by atoms with Crippen molar-refractivity contribution < 1.29 is 27.5 Å². The van der Waals surface area contributed by atoms with Crippen LogP contribution in [0.25, 0.3) is 0 Å². The summed E-state index contributed by atoms with van der Waals surface area (Å²) in [6.07, 6.45) is 1.86. The molecule has 0 bridgehead atoms. The van der Waals surface area contributed by atoms with Gasteiger partial charge in [-0.3, -0.25) is 4.79 Å². The van der Waals surface area contributed by atoms with E-state index in [4.69, 9.17) is 9.47 Å². The molecule has 114 valence electrons. The van der Waals surface area contributed by atoms with Gasteiger partial charge in [-0.05, 0) is 12.8 Å². The molecule has 0 radical (unpaired) electrons. The molecule has 0 aliphatic carbocycles. The van der Waals surface area contributed by atoms with E-state index in [2.05, 4.69) is 5.32 Å². The number of hydrogen-bond acceptors (Lipinski definition) is 6. The SMILES string of the molecule is COC(=O)C1(NC(=O)C2CCCCS2(=O)=O)CCOC1. The average Bonchev–Trinajstić information content (AvgIpc) is 2.86. The van der Waals surface area contributed by atoms with Crippen LogP contribution in [0.2, 0.25) is 0 Å². The van der Waals surface area contributed by atoms with Gasteiger partial charge in [0.2, 0.25) is 5.91 Å². The summed E-state index contributed by atoms with van der Waals surface area (Å²) in [5.41, 5.74) is -1.25. The Morgan fingerprint density at radius 3 is 2.65 bits per heavy atom. The Morgan fingerprint density at radius 1 is 1.35 bits per heavy atom. The number of esters is 1. The molecule has 0 aromatic rings. The van der Waals surface area contributed by atoms with Crippen molar-refractivity contribution in [3.8, 4) is 0 Å². The fourth-order valence-electron chi connectivity index (χ4n) is 2.64. The number of amides is 1. The third-order valence-electron chi connectivity index (χ3n) is 3.83. The van der Waals surface area contributed by atoms with E-state index in [1.807, 2.05) is 0 Å². The summed E-state index contributed by atoms with van der Waals surface area (Å²) in [6.45, 7) is 0.338. The minimum absolute atomic E-state index is 0.0121. The van der Waals surface area contributed by atoms with Crippen molar-refractivity contribution in [2.75, 3.05) is 26.1 Å². The van der Waals surface area contributed by atoms with Gasteiger partial charge in [-0.1, -0.05) is 6.42 Å². The predicted molar refractivity (Wildman–Crippen MR) is 69.8 cm³/mol. The highest BCUT2D eigenvalue weighted by Crippen LogP contribution is 2.24. The quantitative estimate of drug-likeness (QED) is 0.699. The van der Waals surface area contributed by atoms with Crippen LogP contribution < -0.4 is 5.32 Å². The second-order valence-corrected chi connectivity index (χ2v) is 7.52. The fraction of sp³-hybridized carbons (Fsp3) is 0.833. The van der Waals surface area contributed by atoms with E-state index in [1.165, 1.54) is 7.11 Å². The molecule has 2 atom stereocenters. The zero-order chi connectivity index (χ0) is 14.8. The van der Waals surface area contributed by atoms with E-state index >= 15 is 0 Å². The minimum atomic E-state index is -3.43. The maximum Gasteiger partial charge on any atom is 0.334 e. The number of carbonyl (C=O) groups is 2. The van der Waals surface area contributed by atoms with E-state index in [0.717, 1.165) is 0 Å². The lowest BCUT2D eigenvalue weighted by atomic mass is 9.98. The second kappa shape index (κ2) is 5.69. The highest BCUT2D eigenvalue weighted by atomic mass is 32.2. The number of sulfone groups is 1. The van der Waals surface area contributed by atoms with Gasteiger partial charge in [0.25, 0.3) is 0 Å². The molecule has 0 aromatic heterocycles. The molecule has 7 nitrogen and oxygen atoms in total. The average molecular weight is 305 g/mol. The Hall–Kier alpha value is -1.15. The molecule has 20 heavy (non-hydrogen) atoms. The molecule has 0 aromatic carbocycles. The molecule has 2 unspecified atom stereocenters. The number of ether oxygens (including phenoxy) is 2. The highest BCUT2D eigenvalue weighted by Gasteiger charge is 2.47. The maximum absolute atomic E-state index is 12.2. The third kappa shape index (κ3) is 2.80. The Bertz CT molecular complexity index is 494. The van der Waals surface area contributed by atoms with E-state index < -0.39 is 32.5 Å². The molecule has 2 aliphatic rings. The van der Waals surface area contributed by atoms with E-state index in [9.17, 15) is 18.0 Å². The normalized spacial score (nSPS) is 32.5. The van der Waals surface area contributed by atoms with Gasteiger partial charge in [-0.2, -0.15) is 0 Å². The van der Waals surface area contributed by atoms with Crippen LogP contribution in [-0.4, -0.2) is 57.2 Å². The van der Waals surface area contributed by atoms with Gasteiger partial charge in [0, 0.05) is 13.0 Å². The molecule has 2 saturated heterocycles. The number of rotatable bonds is 3. The zero-order valence-corrected chi connectivity index (χ0v) is 12.2. The molecular weight excluding hydrogens is 286 g/mol. The van der Waals surface area contributed by atoms with Crippen LogP contribution in [0, 0.1) is 0 Å². The Balaban J connectivity index is 2.15. The second-order valence-electron chi connectivity index (χ2n) is 5.22. The van der Waals surface area contributed by atoms with E-state index in [0.29, 0.717) is 25.9 Å². The molecule has 1 amide bonds. The van der Waals surface area contributed by atoms with E-state index in [-0.39, 0.29) is 18.8 Å². The molecule has 1 N–H and O–H groups in total. The zero-order valence-electron chi connectivity index (χ0n) is 11.4. The Labute approximate surface area is 117 Å². The molecule has 0 saturated carbocycles. The monoisotopic (exact) mass is 305 g/mol. The fourth-order valence-corrected chi connectivity index (χ4v) is 4.44. The van der Waals surface area contributed by atoms with Gasteiger partial charge in [0.1, 0.15) is 5.25 Å². The van der Waals surface area contributed by atoms with Gasteiger partial charge >= 0.3 is 5.97 Å². The van der Waals surface area contributed by atoms with Crippen molar-refractivity contribution in [1.29, 1.82) is 0 Å². The number of methoxy groups -OCH3 is 1. The van der Waals surface area contributed by atoms with Gasteiger partial charge in [-0.15, -0.1) is 0 Å². The van der Waals surface area contributed by atoms with Crippen molar-refractivity contribution in [2.45, 2.75) is 36.5 Å². The lowest BCUT2D eigenvalue weighted by molar-refractivity contribution is -0.151. The first-order valence-electron chi connectivity index (χ1n) is 6.61. The smallest absolute Gasteiger partial charge is 0.334 e. The summed E-state index contributed by atoms with van der Waals surface area (Å²) < 4.78 is 33.7. The molecule has 2 aliphatic heterocycles. The summed E-state index contributed by atoms with van der Waals surface area (Å²) in [6, 6.07) is 0. The lowest BCUT2D eigenvalue weighted by Crippen LogP contribution is -2.59. The standard InChI is InChI=1S/C12H19NO6S/c1-18-11(15)12(5-6-19-8-12)13-10(14)9-4-2-3-7-20(9,16)17/h9H,2-8H2,1H3,(H,13,14). The molecule has 2 rings (SSSR count). The van der Waals surface area contributed by atoms with Crippen LogP contribution in [0.4, 0.5) is 0 Å². The molecule has 2 heterocycles. The van der Waals surface area contributed by atoms with E-state index in [1.54, 1.807) is 0 Å². The van der Waals surface area contributed by atoms with Crippen molar-refractivity contribution >= 4 is 21.7 Å². The number of carbonyl (C=O) groups excluding carboxylic acids is 2. The van der Waals surface area contributed by atoms with Crippen LogP contribution in [0.5, 0.6) is 0 Å². The molecule has 0 spiro atoms. The first kappa shape index (κ1) is 15.2. The Morgan fingerprint density at radius 2 is 2.10 bits per heavy atom. The van der Waals surface area contributed by atoms with Gasteiger partial charge in [0.05, 0.1) is 19.5 Å². The van der Waals surface area contributed by atoms with Crippen molar-refractivity contribution in [3.05, 3.63) is 0 Å². The first-order chi connectivity index (χ1) is 9.41. The van der Waals surface area contributed by atoms with Gasteiger partial charge in [0.15, 0.2) is 15.4 Å². The number of nitrogens with one attached hydrogen (secondary N) is 1. The predicted octanol–water partition coefficient (Wildman–Crippen LogP) is -0.598. The van der Waals surface area contributed by atoms with Gasteiger partial charge < -0.3 is 14.8 Å². The molecular formula is C12H19NO6S. The summed E-state index contributed by atoms with van der Waals surface area (Å²) in [5, 5.41) is 1.48. The lowest BCUT2D eigenvalue weighted by Gasteiger charge is -2.29. The Kier molecular flexibility index (Phi) is 4.33. The van der Waals surface area contributed by atoms with Crippen LogP contribution in [-0.2, 0) is 28.9 Å². The van der Waals surface area contributed by atoms with Crippen molar-refractivity contribution in [2.24, 2.45) is 0 Å². The first-order valence-corrected chi connectivity index (χ1v) is 8.33. The topological polar surface area (TPSA) is 98.8 Å². The summed E-state index contributed by atoms with van der Waals surface area (Å²) >= 11 is 0. The van der Waals surface area contributed by atoms with Gasteiger partial charge in [-0.25, -0.2) is 13.2 Å². The van der Waals surface area contributed by atoms with Crippen molar-refractivity contribution in [3.63, 3.8) is 0 Å². The number of hydrogen-bond donors (Lipinski definition) is 1. The maximum atomic E-state index is 12.2. The molecule has 8 heteroatoms. The van der Waals surface area contributed by atoms with Crippen LogP contribution in [0.15, 0.2) is 0 Å². The summed E-state index contributed by atoms with van der Waals surface area (Å²) in [5.74, 6) is -1.20. The van der Waals surface area contributed by atoms with Crippen LogP contribution in [0.3, 0.4) is 0 Å². The highest BCUT2D eigenvalue weighted by molar-refractivity contribution is 7.92. The summed E-state index contributed by atoms with van der Waals surface area (Å²) in [7, 11) is -2.20. The van der Waals surface area contributed by atoms with Crippen LogP contribution in [0.1, 0.15) is 25.7 Å². The molecule has 2 fully saturated rings. The minimum Gasteiger partial charge on any atom is -0.467 e. The largest absolute Gasteiger partial charge is 0.467 e. The van der Waals surface area contributed by atoms with Crippen LogP contribution >= 0.6 is 0 Å². The third-order valence-corrected chi connectivity index (χ3v) is 6.01. The van der Waals surface area contributed by atoms with Crippen molar-refractivity contribution in [1.82, 2.24) is 5.32 Å². The summed E-state index contributed by atoms with van der Waals surface area (Å²) in [4.78, 5) is 24.1.